The van der Waals surface area contributed by atoms with Crippen molar-refractivity contribution in [3.8, 4) is 0 Å². The average molecular weight is 191 g/mol. The molecule has 1 aromatic carbocycles. The second-order valence-electron chi connectivity index (χ2n) is 3.00. The lowest BCUT2D eigenvalue weighted by Crippen LogP contribution is -2.23. The van der Waals surface area contributed by atoms with Gasteiger partial charge in [0, 0.05) is 19.9 Å². The van der Waals surface area contributed by atoms with Gasteiger partial charge in [0.25, 0.3) is 0 Å². The molecule has 0 N–H and O–H groups in total. The molecule has 1 aromatic rings. The van der Waals surface area contributed by atoms with Crippen molar-refractivity contribution in [3.05, 3.63) is 36.4 Å². The van der Waals surface area contributed by atoms with Crippen LogP contribution >= 0.6 is 0 Å². The second-order valence-corrected chi connectivity index (χ2v) is 3.00. The van der Waals surface area contributed by atoms with Crippen LogP contribution in [0.3, 0.4) is 0 Å². The standard InChI is InChI=1S/C6H6.C5H7NO2/c1-2-4-6-5-3-1;1-6-4(7)2-3-5(6)8/h1-6H;2-3H2,1H3. The van der Waals surface area contributed by atoms with Crippen molar-refractivity contribution in [1.29, 1.82) is 0 Å². The van der Waals surface area contributed by atoms with E-state index in [1.807, 2.05) is 36.4 Å². The lowest BCUT2D eigenvalue weighted by Gasteiger charge is -2.01. The van der Waals surface area contributed by atoms with Gasteiger partial charge in [0.2, 0.25) is 11.8 Å². The Labute approximate surface area is 83.3 Å². The highest BCUT2D eigenvalue weighted by Crippen LogP contribution is 2.07. The molecule has 14 heavy (non-hydrogen) atoms. The van der Waals surface area contributed by atoms with Crippen LogP contribution in [-0.4, -0.2) is 23.8 Å². The number of likely N-dealkylation sites (tertiary alicyclic amines) is 1. The van der Waals surface area contributed by atoms with Crippen molar-refractivity contribution < 1.29 is 9.59 Å². The van der Waals surface area contributed by atoms with Crippen molar-refractivity contribution in [2.24, 2.45) is 0 Å². The molecule has 3 nitrogen and oxygen atoms in total. The smallest absolute Gasteiger partial charge is 0.229 e. The van der Waals surface area contributed by atoms with E-state index in [0.717, 1.165) is 0 Å². The number of hydrogen-bond donors (Lipinski definition) is 0. The number of rotatable bonds is 0. The van der Waals surface area contributed by atoms with Gasteiger partial charge in [0.05, 0.1) is 0 Å². The molecule has 0 aromatic heterocycles. The molecular formula is C11H13NO2. The molecule has 2 rings (SSSR count). The zero-order valence-electron chi connectivity index (χ0n) is 8.14. The Bertz CT molecular complexity index is 266. The van der Waals surface area contributed by atoms with Gasteiger partial charge in [-0.15, -0.1) is 0 Å². The van der Waals surface area contributed by atoms with E-state index in [-0.39, 0.29) is 11.8 Å². The Kier molecular flexibility index (Phi) is 3.85. The monoisotopic (exact) mass is 191 g/mol. The maximum atomic E-state index is 10.5. The van der Waals surface area contributed by atoms with Crippen LogP contribution in [0.1, 0.15) is 12.8 Å². The van der Waals surface area contributed by atoms with Crippen LogP contribution < -0.4 is 0 Å². The summed E-state index contributed by atoms with van der Waals surface area (Å²) < 4.78 is 0. The van der Waals surface area contributed by atoms with Crippen LogP contribution in [-0.2, 0) is 9.59 Å². The Morgan fingerprint density at radius 1 is 0.857 bits per heavy atom. The van der Waals surface area contributed by atoms with E-state index < -0.39 is 0 Å². The van der Waals surface area contributed by atoms with E-state index >= 15 is 0 Å². The minimum absolute atomic E-state index is 0.0602. The van der Waals surface area contributed by atoms with Crippen molar-refractivity contribution in [3.63, 3.8) is 0 Å². The normalized spacial score (nSPS) is 15.1. The maximum Gasteiger partial charge on any atom is 0.229 e. The molecular weight excluding hydrogens is 178 g/mol. The lowest BCUT2D eigenvalue weighted by molar-refractivity contribution is -0.136. The first-order chi connectivity index (χ1) is 6.72. The first-order valence-corrected chi connectivity index (χ1v) is 4.51. The summed E-state index contributed by atoms with van der Waals surface area (Å²) in [5.74, 6) is -0.120. The summed E-state index contributed by atoms with van der Waals surface area (Å²) in [5, 5.41) is 0. The Morgan fingerprint density at radius 2 is 1.14 bits per heavy atom. The third-order valence-corrected chi connectivity index (χ3v) is 1.97. The third kappa shape index (κ3) is 3.01. The second kappa shape index (κ2) is 5.17. The number of carbonyl (C=O) groups excluding carboxylic acids is 2. The summed E-state index contributed by atoms with van der Waals surface area (Å²) in [6.45, 7) is 0. The summed E-state index contributed by atoms with van der Waals surface area (Å²) in [4.78, 5) is 22.1. The van der Waals surface area contributed by atoms with Gasteiger partial charge in [-0.25, -0.2) is 0 Å². The molecule has 1 saturated heterocycles. The summed E-state index contributed by atoms with van der Waals surface area (Å²) in [5.41, 5.74) is 0. The SMILES string of the molecule is CN1C(=O)CCC1=O.c1ccccc1. The van der Waals surface area contributed by atoms with Crippen molar-refractivity contribution in [2.75, 3.05) is 7.05 Å². The van der Waals surface area contributed by atoms with E-state index in [2.05, 4.69) is 0 Å². The summed E-state index contributed by atoms with van der Waals surface area (Å²) in [6, 6.07) is 12.0. The average Bonchev–Trinajstić information content (AvgIpc) is 2.53. The number of amides is 2. The Hall–Kier alpha value is -1.64. The maximum absolute atomic E-state index is 10.5. The fourth-order valence-electron chi connectivity index (χ4n) is 1.07. The predicted molar refractivity (Wildman–Crippen MR) is 53.5 cm³/mol. The number of imide groups is 1. The van der Waals surface area contributed by atoms with Crippen LogP contribution in [0.4, 0.5) is 0 Å². The Morgan fingerprint density at radius 3 is 1.29 bits per heavy atom. The van der Waals surface area contributed by atoms with E-state index in [9.17, 15) is 9.59 Å². The lowest BCUT2D eigenvalue weighted by atomic mass is 10.4. The van der Waals surface area contributed by atoms with Crippen molar-refractivity contribution in [2.45, 2.75) is 12.8 Å². The van der Waals surface area contributed by atoms with Gasteiger partial charge in [-0.05, 0) is 0 Å². The van der Waals surface area contributed by atoms with Crippen LogP contribution in [0.25, 0.3) is 0 Å². The fourth-order valence-corrected chi connectivity index (χ4v) is 1.07. The molecule has 0 atom stereocenters. The number of benzene rings is 1. The van der Waals surface area contributed by atoms with E-state index in [4.69, 9.17) is 0 Å². The minimum atomic E-state index is -0.0602. The van der Waals surface area contributed by atoms with Gasteiger partial charge < -0.3 is 0 Å². The molecule has 2 amide bonds. The quantitative estimate of drug-likeness (QED) is 0.582. The molecule has 1 fully saturated rings. The van der Waals surface area contributed by atoms with E-state index in [1.165, 1.54) is 11.9 Å². The first-order valence-electron chi connectivity index (χ1n) is 4.51. The third-order valence-electron chi connectivity index (χ3n) is 1.97. The van der Waals surface area contributed by atoms with Gasteiger partial charge >= 0.3 is 0 Å². The topological polar surface area (TPSA) is 37.4 Å². The zero-order chi connectivity index (χ0) is 10.4. The molecule has 0 aliphatic carbocycles. The zero-order valence-corrected chi connectivity index (χ0v) is 8.14. The van der Waals surface area contributed by atoms with E-state index in [1.54, 1.807) is 0 Å². The number of hydrogen-bond acceptors (Lipinski definition) is 2. The van der Waals surface area contributed by atoms with Crippen molar-refractivity contribution >= 4 is 11.8 Å². The van der Waals surface area contributed by atoms with Gasteiger partial charge in [-0.1, -0.05) is 36.4 Å². The minimum Gasteiger partial charge on any atom is -0.286 e. The molecule has 0 bridgehead atoms. The molecule has 0 saturated carbocycles. The molecule has 1 aliphatic rings. The molecule has 0 unspecified atom stereocenters. The van der Waals surface area contributed by atoms with Crippen LogP contribution in [0, 0.1) is 0 Å². The fraction of sp³-hybridized carbons (Fsp3) is 0.273. The van der Waals surface area contributed by atoms with Crippen LogP contribution in [0.2, 0.25) is 0 Å². The summed E-state index contributed by atoms with van der Waals surface area (Å²) in [7, 11) is 1.51. The molecule has 0 spiro atoms. The summed E-state index contributed by atoms with van der Waals surface area (Å²) >= 11 is 0. The van der Waals surface area contributed by atoms with Crippen LogP contribution in [0.15, 0.2) is 36.4 Å². The molecule has 1 heterocycles. The van der Waals surface area contributed by atoms with Gasteiger partial charge in [-0.2, -0.15) is 0 Å². The molecule has 1 aliphatic heterocycles. The molecule has 3 heteroatoms. The van der Waals surface area contributed by atoms with E-state index in [0.29, 0.717) is 12.8 Å². The number of nitrogens with zero attached hydrogens (tertiary/aromatic N) is 1. The highest BCUT2D eigenvalue weighted by Gasteiger charge is 2.24. The molecule has 0 radical (unpaired) electrons. The Balaban J connectivity index is 0.000000146. The predicted octanol–water partition coefficient (Wildman–Crippen LogP) is 1.45. The highest BCUT2D eigenvalue weighted by molar-refractivity contribution is 6.01. The first kappa shape index (κ1) is 10.4. The van der Waals surface area contributed by atoms with Gasteiger partial charge in [0.1, 0.15) is 0 Å². The van der Waals surface area contributed by atoms with Crippen molar-refractivity contribution in [1.82, 2.24) is 4.90 Å². The van der Waals surface area contributed by atoms with Gasteiger partial charge in [0.15, 0.2) is 0 Å². The number of carbonyl (C=O) groups is 2. The largest absolute Gasteiger partial charge is 0.286 e. The van der Waals surface area contributed by atoms with Gasteiger partial charge in [-0.3, -0.25) is 14.5 Å². The summed E-state index contributed by atoms with van der Waals surface area (Å²) in [6.07, 6.45) is 0.796. The molecule has 74 valence electrons. The van der Waals surface area contributed by atoms with Crippen LogP contribution in [0.5, 0.6) is 0 Å². The highest BCUT2D eigenvalue weighted by atomic mass is 16.2.